The van der Waals surface area contributed by atoms with Crippen molar-refractivity contribution in [3.05, 3.63) is 63.9 Å². The van der Waals surface area contributed by atoms with Gasteiger partial charge in [0.1, 0.15) is 11.9 Å². The SMILES string of the molecule is N#Cc1cccc(CS(=O)c2ccc(Br)cc2)c1F. The van der Waals surface area contributed by atoms with Crippen molar-refractivity contribution in [3.63, 3.8) is 0 Å². The lowest BCUT2D eigenvalue weighted by Crippen LogP contribution is -2.00. The predicted molar refractivity (Wildman–Crippen MR) is 75.4 cm³/mol. The zero-order valence-corrected chi connectivity index (χ0v) is 12.2. The van der Waals surface area contributed by atoms with Crippen LogP contribution in [0.3, 0.4) is 0 Å². The molecule has 1 unspecified atom stereocenters. The maximum atomic E-state index is 13.8. The molecule has 2 aromatic rings. The van der Waals surface area contributed by atoms with Gasteiger partial charge in [0.15, 0.2) is 0 Å². The number of halogens is 2. The Morgan fingerprint density at radius 3 is 2.53 bits per heavy atom. The van der Waals surface area contributed by atoms with Gasteiger partial charge in [-0.05, 0) is 30.3 Å². The molecule has 2 rings (SSSR count). The molecule has 19 heavy (non-hydrogen) atoms. The number of nitriles is 1. The van der Waals surface area contributed by atoms with Crippen LogP contribution < -0.4 is 0 Å². The van der Waals surface area contributed by atoms with Crippen LogP contribution in [0.4, 0.5) is 4.39 Å². The molecule has 0 radical (unpaired) electrons. The summed E-state index contributed by atoms with van der Waals surface area (Å²) in [7, 11) is -1.33. The van der Waals surface area contributed by atoms with Crippen LogP contribution in [0.1, 0.15) is 11.1 Å². The summed E-state index contributed by atoms with van der Waals surface area (Å²) in [6, 6.07) is 13.4. The van der Waals surface area contributed by atoms with Crippen LogP contribution >= 0.6 is 15.9 Å². The lowest BCUT2D eigenvalue weighted by Gasteiger charge is -2.05. The van der Waals surface area contributed by atoms with E-state index in [1.54, 1.807) is 42.5 Å². The molecule has 0 amide bonds. The van der Waals surface area contributed by atoms with E-state index < -0.39 is 16.6 Å². The second-order valence-electron chi connectivity index (χ2n) is 3.83. The van der Waals surface area contributed by atoms with E-state index in [9.17, 15) is 8.60 Å². The number of rotatable bonds is 3. The van der Waals surface area contributed by atoms with Gasteiger partial charge in [0, 0.05) is 14.9 Å². The fourth-order valence-corrected chi connectivity index (χ4v) is 2.96. The third-order valence-corrected chi connectivity index (χ3v) is 4.46. The highest BCUT2D eigenvalue weighted by Crippen LogP contribution is 2.19. The van der Waals surface area contributed by atoms with Gasteiger partial charge in [-0.2, -0.15) is 5.26 Å². The molecule has 0 saturated carbocycles. The van der Waals surface area contributed by atoms with Crippen molar-refractivity contribution in [3.8, 4) is 6.07 Å². The lowest BCUT2D eigenvalue weighted by atomic mass is 10.1. The fourth-order valence-electron chi connectivity index (χ4n) is 1.59. The van der Waals surface area contributed by atoms with Crippen LogP contribution in [0.2, 0.25) is 0 Å². The van der Waals surface area contributed by atoms with Crippen molar-refractivity contribution in [2.75, 3.05) is 0 Å². The second kappa shape index (κ2) is 6.09. The van der Waals surface area contributed by atoms with Gasteiger partial charge in [0.25, 0.3) is 0 Å². The monoisotopic (exact) mass is 337 g/mol. The van der Waals surface area contributed by atoms with Crippen LogP contribution in [0.5, 0.6) is 0 Å². The Bertz CT molecular complexity index is 664. The summed E-state index contributed by atoms with van der Waals surface area (Å²) >= 11 is 3.30. The minimum absolute atomic E-state index is 0.0229. The molecule has 0 N–H and O–H groups in total. The van der Waals surface area contributed by atoms with Gasteiger partial charge in [0.2, 0.25) is 0 Å². The summed E-state index contributed by atoms with van der Waals surface area (Å²) in [5.41, 5.74) is 0.269. The van der Waals surface area contributed by atoms with Crippen LogP contribution in [-0.4, -0.2) is 4.21 Å². The molecule has 0 bridgehead atoms. The molecule has 2 aromatic carbocycles. The first-order valence-electron chi connectivity index (χ1n) is 5.43. The van der Waals surface area contributed by atoms with Gasteiger partial charge in [-0.3, -0.25) is 4.21 Å². The van der Waals surface area contributed by atoms with E-state index in [0.29, 0.717) is 10.5 Å². The van der Waals surface area contributed by atoms with E-state index in [1.165, 1.54) is 6.07 Å². The van der Waals surface area contributed by atoms with Crippen molar-refractivity contribution < 1.29 is 8.60 Å². The molecule has 0 aromatic heterocycles. The smallest absolute Gasteiger partial charge is 0.145 e. The Morgan fingerprint density at radius 2 is 1.89 bits per heavy atom. The number of hydrogen-bond acceptors (Lipinski definition) is 2. The molecule has 0 aliphatic rings. The highest BCUT2D eigenvalue weighted by Gasteiger charge is 2.11. The van der Waals surface area contributed by atoms with Crippen molar-refractivity contribution >= 4 is 26.7 Å². The van der Waals surface area contributed by atoms with E-state index in [0.717, 1.165) is 4.47 Å². The van der Waals surface area contributed by atoms with Gasteiger partial charge in [-0.15, -0.1) is 0 Å². The van der Waals surface area contributed by atoms with Gasteiger partial charge in [-0.1, -0.05) is 28.1 Å². The van der Waals surface area contributed by atoms with E-state index in [-0.39, 0.29) is 11.3 Å². The molecule has 5 heteroatoms. The minimum Gasteiger partial charge on any atom is -0.254 e. The number of hydrogen-bond donors (Lipinski definition) is 0. The summed E-state index contributed by atoms with van der Waals surface area (Å²) in [5.74, 6) is -0.529. The van der Waals surface area contributed by atoms with Crippen LogP contribution in [0.15, 0.2) is 51.8 Å². The first-order valence-corrected chi connectivity index (χ1v) is 7.54. The summed E-state index contributed by atoms with van der Waals surface area (Å²) in [6.45, 7) is 0. The quantitative estimate of drug-likeness (QED) is 0.855. The molecule has 0 saturated heterocycles. The Hall–Kier alpha value is -1.51. The molecule has 2 nitrogen and oxygen atoms in total. The molecular formula is C14H9BrFNOS. The van der Waals surface area contributed by atoms with Gasteiger partial charge in [0.05, 0.1) is 22.1 Å². The molecule has 0 fully saturated rings. The third-order valence-electron chi connectivity index (χ3n) is 2.56. The molecule has 96 valence electrons. The van der Waals surface area contributed by atoms with E-state index in [2.05, 4.69) is 15.9 Å². The fraction of sp³-hybridized carbons (Fsp3) is 0.0714. The van der Waals surface area contributed by atoms with Crippen LogP contribution in [0.25, 0.3) is 0 Å². The highest BCUT2D eigenvalue weighted by atomic mass is 79.9. The van der Waals surface area contributed by atoms with Crippen molar-refractivity contribution in [2.24, 2.45) is 0 Å². The standard InChI is InChI=1S/C14H9BrFNOS/c15-12-4-6-13(7-5-12)19(18)9-11-3-1-2-10(8-17)14(11)16/h1-7H,9H2. The van der Waals surface area contributed by atoms with E-state index >= 15 is 0 Å². The zero-order chi connectivity index (χ0) is 13.8. The topological polar surface area (TPSA) is 40.9 Å². The lowest BCUT2D eigenvalue weighted by molar-refractivity contribution is 0.611. The summed E-state index contributed by atoms with van der Waals surface area (Å²) in [6.07, 6.45) is 0. The van der Waals surface area contributed by atoms with Gasteiger partial charge in [-0.25, -0.2) is 4.39 Å². The number of nitrogens with zero attached hydrogens (tertiary/aromatic N) is 1. The highest BCUT2D eigenvalue weighted by molar-refractivity contribution is 9.10. The Morgan fingerprint density at radius 1 is 1.21 bits per heavy atom. The first-order chi connectivity index (χ1) is 9.11. The summed E-state index contributed by atoms with van der Waals surface area (Å²) in [4.78, 5) is 0.630. The maximum Gasteiger partial charge on any atom is 0.145 e. The third kappa shape index (κ3) is 3.28. The zero-order valence-electron chi connectivity index (χ0n) is 9.77. The summed E-state index contributed by atoms with van der Waals surface area (Å²) < 4.78 is 26.9. The predicted octanol–water partition coefficient (Wildman–Crippen LogP) is 3.77. The average Bonchev–Trinajstić information content (AvgIpc) is 2.42. The van der Waals surface area contributed by atoms with Crippen LogP contribution in [0, 0.1) is 17.1 Å². The minimum atomic E-state index is -1.33. The van der Waals surface area contributed by atoms with Gasteiger partial charge < -0.3 is 0 Å². The molecular weight excluding hydrogens is 329 g/mol. The van der Waals surface area contributed by atoms with Crippen molar-refractivity contribution in [1.82, 2.24) is 0 Å². The van der Waals surface area contributed by atoms with E-state index in [1.807, 2.05) is 0 Å². The Labute approximate surface area is 121 Å². The molecule has 0 heterocycles. The first kappa shape index (κ1) is 13.9. The Kier molecular flexibility index (Phi) is 4.46. The molecule has 1 atom stereocenters. The average molecular weight is 338 g/mol. The van der Waals surface area contributed by atoms with Crippen molar-refractivity contribution in [1.29, 1.82) is 5.26 Å². The second-order valence-corrected chi connectivity index (χ2v) is 6.20. The van der Waals surface area contributed by atoms with Crippen molar-refractivity contribution in [2.45, 2.75) is 10.6 Å². The molecule has 0 aliphatic heterocycles. The maximum absolute atomic E-state index is 13.8. The largest absolute Gasteiger partial charge is 0.254 e. The normalized spacial score (nSPS) is 11.8. The number of benzene rings is 2. The van der Waals surface area contributed by atoms with Crippen LogP contribution in [-0.2, 0) is 16.6 Å². The van der Waals surface area contributed by atoms with E-state index in [4.69, 9.17) is 5.26 Å². The molecule has 0 aliphatic carbocycles. The molecule has 0 spiro atoms. The Balaban J connectivity index is 2.25. The summed E-state index contributed by atoms with van der Waals surface area (Å²) in [5, 5.41) is 8.75. The van der Waals surface area contributed by atoms with Gasteiger partial charge >= 0.3 is 0 Å².